The number of hydrogen-bond donors (Lipinski definition) is 1. The van der Waals surface area contributed by atoms with Crippen LogP contribution < -0.4 is 10.6 Å². The molecule has 0 radical (unpaired) electrons. The van der Waals surface area contributed by atoms with E-state index in [0.717, 1.165) is 29.9 Å². The summed E-state index contributed by atoms with van der Waals surface area (Å²) in [5.74, 6) is 1.26. The molecular weight excluding hydrogens is 216 g/mol. The summed E-state index contributed by atoms with van der Waals surface area (Å²) in [4.78, 5) is 11.1. The summed E-state index contributed by atoms with van der Waals surface area (Å²) in [6.45, 7) is 3.07. The maximum absolute atomic E-state index is 5.96. The van der Waals surface area contributed by atoms with Crippen molar-refractivity contribution >= 4 is 22.7 Å². The fourth-order valence-corrected chi connectivity index (χ4v) is 2.01. The maximum Gasteiger partial charge on any atom is 0.172 e. The first-order valence-corrected chi connectivity index (χ1v) is 5.69. The summed E-state index contributed by atoms with van der Waals surface area (Å²) in [5.41, 5.74) is 7.67. The Balaban J connectivity index is 2.06. The third-order valence-electron chi connectivity index (χ3n) is 2.89. The molecule has 0 bridgehead atoms. The van der Waals surface area contributed by atoms with Crippen molar-refractivity contribution in [3.05, 3.63) is 24.3 Å². The lowest BCUT2D eigenvalue weighted by Crippen LogP contribution is -2.37. The van der Waals surface area contributed by atoms with E-state index >= 15 is 0 Å². The highest BCUT2D eigenvalue weighted by Gasteiger charge is 2.16. The van der Waals surface area contributed by atoms with Gasteiger partial charge in [0.25, 0.3) is 0 Å². The van der Waals surface area contributed by atoms with Crippen LogP contribution in [0.3, 0.4) is 0 Å². The number of benzene rings is 1. The van der Waals surface area contributed by atoms with E-state index in [-0.39, 0.29) is 0 Å². The first-order valence-electron chi connectivity index (χ1n) is 5.69. The van der Waals surface area contributed by atoms with Crippen LogP contribution >= 0.6 is 0 Å². The number of rotatable bonds is 1. The zero-order valence-corrected chi connectivity index (χ0v) is 9.47. The van der Waals surface area contributed by atoms with Crippen molar-refractivity contribution < 1.29 is 4.74 Å². The minimum Gasteiger partial charge on any atom is -0.381 e. The van der Waals surface area contributed by atoms with Gasteiger partial charge in [0.05, 0.1) is 24.2 Å². The Kier molecular flexibility index (Phi) is 2.53. The number of nitrogens with zero attached hydrogens (tertiary/aromatic N) is 3. The quantitative estimate of drug-likeness (QED) is 0.793. The van der Waals surface area contributed by atoms with Gasteiger partial charge in [-0.2, -0.15) is 0 Å². The molecule has 1 aromatic heterocycles. The molecule has 2 aromatic rings. The molecule has 0 unspecified atom stereocenters. The molecule has 5 nitrogen and oxygen atoms in total. The number of para-hydroxylation sites is 2. The van der Waals surface area contributed by atoms with E-state index in [0.29, 0.717) is 19.0 Å². The third kappa shape index (κ3) is 1.89. The van der Waals surface area contributed by atoms with Gasteiger partial charge in [-0.25, -0.2) is 9.97 Å². The Hall–Kier alpha value is -1.88. The van der Waals surface area contributed by atoms with Crippen LogP contribution in [0.4, 0.5) is 11.6 Å². The Morgan fingerprint density at radius 2 is 1.71 bits per heavy atom. The average molecular weight is 230 g/mol. The Bertz CT molecular complexity index is 537. The van der Waals surface area contributed by atoms with Gasteiger partial charge in [-0.05, 0) is 12.1 Å². The summed E-state index contributed by atoms with van der Waals surface area (Å²) in [5, 5.41) is 0. The highest BCUT2D eigenvalue weighted by molar-refractivity contribution is 5.79. The second-order valence-electron chi connectivity index (χ2n) is 4.02. The molecule has 2 heterocycles. The van der Waals surface area contributed by atoms with Gasteiger partial charge >= 0.3 is 0 Å². The van der Waals surface area contributed by atoms with Crippen molar-refractivity contribution in [2.75, 3.05) is 36.9 Å². The van der Waals surface area contributed by atoms with E-state index in [1.165, 1.54) is 0 Å². The van der Waals surface area contributed by atoms with Gasteiger partial charge in [-0.3, -0.25) is 0 Å². The van der Waals surface area contributed by atoms with E-state index in [2.05, 4.69) is 14.9 Å². The van der Waals surface area contributed by atoms with Crippen molar-refractivity contribution in [1.82, 2.24) is 9.97 Å². The fraction of sp³-hybridized carbons (Fsp3) is 0.333. The van der Waals surface area contributed by atoms with E-state index in [1.807, 2.05) is 24.3 Å². The number of anilines is 2. The van der Waals surface area contributed by atoms with Crippen LogP contribution in [-0.2, 0) is 4.74 Å². The lowest BCUT2D eigenvalue weighted by molar-refractivity contribution is 0.122. The standard InChI is InChI=1S/C12H14N4O/c13-11-12(16-5-7-17-8-6-16)15-10-4-2-1-3-9(10)14-11/h1-4H,5-8H2,(H2,13,14). The van der Waals surface area contributed by atoms with Crippen LogP contribution in [0, 0.1) is 0 Å². The van der Waals surface area contributed by atoms with Gasteiger partial charge in [0, 0.05) is 13.1 Å². The summed E-state index contributed by atoms with van der Waals surface area (Å²) in [7, 11) is 0. The molecule has 0 aliphatic carbocycles. The minimum atomic E-state index is 0.491. The lowest BCUT2D eigenvalue weighted by atomic mass is 10.3. The molecule has 1 aliphatic heterocycles. The molecule has 3 rings (SSSR count). The van der Waals surface area contributed by atoms with Crippen molar-refractivity contribution in [3.8, 4) is 0 Å². The molecule has 0 saturated carbocycles. The highest BCUT2D eigenvalue weighted by atomic mass is 16.5. The monoisotopic (exact) mass is 230 g/mol. The summed E-state index contributed by atoms with van der Waals surface area (Å²) in [6.07, 6.45) is 0. The van der Waals surface area contributed by atoms with Crippen LogP contribution in [0.1, 0.15) is 0 Å². The van der Waals surface area contributed by atoms with Gasteiger partial charge in [-0.1, -0.05) is 12.1 Å². The number of fused-ring (bicyclic) bond motifs is 1. The van der Waals surface area contributed by atoms with Crippen LogP contribution in [0.5, 0.6) is 0 Å². The maximum atomic E-state index is 5.96. The summed E-state index contributed by atoms with van der Waals surface area (Å²) >= 11 is 0. The average Bonchev–Trinajstić information content (AvgIpc) is 2.39. The van der Waals surface area contributed by atoms with E-state index in [4.69, 9.17) is 10.5 Å². The van der Waals surface area contributed by atoms with Gasteiger partial charge in [0.15, 0.2) is 11.6 Å². The van der Waals surface area contributed by atoms with Crippen LogP contribution in [-0.4, -0.2) is 36.3 Å². The largest absolute Gasteiger partial charge is 0.381 e. The number of hydrogen-bond acceptors (Lipinski definition) is 5. The SMILES string of the molecule is Nc1nc2ccccc2nc1N1CCOCC1. The van der Waals surface area contributed by atoms with Gasteiger partial charge in [0.1, 0.15) is 0 Å². The fourth-order valence-electron chi connectivity index (χ4n) is 2.01. The van der Waals surface area contributed by atoms with Crippen LogP contribution in [0.15, 0.2) is 24.3 Å². The molecule has 0 amide bonds. The Morgan fingerprint density at radius 3 is 2.41 bits per heavy atom. The van der Waals surface area contributed by atoms with E-state index in [1.54, 1.807) is 0 Å². The lowest BCUT2D eigenvalue weighted by Gasteiger charge is -2.28. The topological polar surface area (TPSA) is 64.3 Å². The smallest absolute Gasteiger partial charge is 0.172 e. The summed E-state index contributed by atoms with van der Waals surface area (Å²) in [6, 6.07) is 7.76. The number of aromatic nitrogens is 2. The van der Waals surface area contributed by atoms with Crippen molar-refractivity contribution in [2.45, 2.75) is 0 Å². The molecule has 1 aromatic carbocycles. The normalized spacial score (nSPS) is 16.4. The number of nitrogens with two attached hydrogens (primary N) is 1. The second-order valence-corrected chi connectivity index (χ2v) is 4.02. The number of morpholine rings is 1. The molecule has 1 aliphatic rings. The molecule has 0 spiro atoms. The highest BCUT2D eigenvalue weighted by Crippen LogP contribution is 2.22. The molecular formula is C12H14N4O. The van der Waals surface area contributed by atoms with Crippen molar-refractivity contribution in [3.63, 3.8) is 0 Å². The predicted molar refractivity (Wildman–Crippen MR) is 67.0 cm³/mol. The molecule has 88 valence electrons. The Labute approximate surface area is 99.2 Å². The minimum absolute atomic E-state index is 0.491. The van der Waals surface area contributed by atoms with Gasteiger partial charge in [0.2, 0.25) is 0 Å². The van der Waals surface area contributed by atoms with E-state index < -0.39 is 0 Å². The molecule has 17 heavy (non-hydrogen) atoms. The Morgan fingerprint density at radius 1 is 1.06 bits per heavy atom. The van der Waals surface area contributed by atoms with Gasteiger partial charge < -0.3 is 15.4 Å². The van der Waals surface area contributed by atoms with Crippen LogP contribution in [0.2, 0.25) is 0 Å². The zero-order valence-electron chi connectivity index (χ0n) is 9.47. The predicted octanol–water partition coefficient (Wildman–Crippen LogP) is 1.05. The van der Waals surface area contributed by atoms with Gasteiger partial charge in [-0.15, -0.1) is 0 Å². The first kappa shape index (κ1) is 10.3. The molecule has 1 fully saturated rings. The zero-order chi connectivity index (χ0) is 11.7. The van der Waals surface area contributed by atoms with E-state index in [9.17, 15) is 0 Å². The molecule has 0 atom stereocenters. The molecule has 1 saturated heterocycles. The summed E-state index contributed by atoms with van der Waals surface area (Å²) < 4.78 is 5.32. The number of nitrogen functional groups attached to an aromatic ring is 1. The van der Waals surface area contributed by atoms with Crippen molar-refractivity contribution in [2.24, 2.45) is 0 Å². The first-order chi connectivity index (χ1) is 8.34. The third-order valence-corrected chi connectivity index (χ3v) is 2.89. The second kappa shape index (κ2) is 4.18. The number of ether oxygens (including phenoxy) is 1. The molecule has 5 heteroatoms. The van der Waals surface area contributed by atoms with Crippen molar-refractivity contribution in [1.29, 1.82) is 0 Å². The van der Waals surface area contributed by atoms with Crippen LogP contribution in [0.25, 0.3) is 11.0 Å². The molecule has 2 N–H and O–H groups in total.